The van der Waals surface area contributed by atoms with Crippen molar-refractivity contribution in [2.75, 3.05) is 9.80 Å². The van der Waals surface area contributed by atoms with Crippen molar-refractivity contribution >= 4 is 45.8 Å². The van der Waals surface area contributed by atoms with E-state index in [4.69, 9.17) is 0 Å². The van der Waals surface area contributed by atoms with Crippen molar-refractivity contribution in [2.24, 2.45) is 0 Å². The van der Waals surface area contributed by atoms with Gasteiger partial charge >= 0.3 is 0 Å². The zero-order valence-electron chi connectivity index (χ0n) is 50.3. The van der Waals surface area contributed by atoms with Crippen LogP contribution in [0.3, 0.4) is 0 Å². The average Bonchev–Trinajstić information content (AvgIpc) is 3.38. The summed E-state index contributed by atoms with van der Waals surface area (Å²) in [7, 11) is 0. The zero-order chi connectivity index (χ0) is 55.7. The van der Waals surface area contributed by atoms with Gasteiger partial charge in [-0.15, -0.1) is 0 Å². The fourth-order valence-electron chi connectivity index (χ4n) is 12.7. The summed E-state index contributed by atoms with van der Waals surface area (Å²) in [6.07, 6.45) is 11.1. The highest BCUT2D eigenvalue weighted by molar-refractivity contribution is 5.94. The van der Waals surface area contributed by atoms with Gasteiger partial charge in [-0.3, -0.25) is 0 Å². The molecule has 0 fully saturated rings. The Hall–Kier alpha value is -6.64. The first kappa shape index (κ1) is 55.1. The number of hydrogen-bond donors (Lipinski definition) is 0. The van der Waals surface area contributed by atoms with Gasteiger partial charge < -0.3 is 9.80 Å². The second-order valence-electron chi connectivity index (χ2n) is 26.8. The molecule has 0 heterocycles. The number of fused-ring (bicyclic) bond motifs is 2. The third-order valence-corrected chi connectivity index (χ3v) is 18.1. The van der Waals surface area contributed by atoms with Crippen LogP contribution in [0.2, 0.25) is 0 Å². The maximum atomic E-state index is 4.30. The highest BCUT2D eigenvalue weighted by Crippen LogP contribution is 2.54. The minimum Gasteiger partial charge on any atom is -0.310 e. The smallest absolute Gasteiger partial charge is 0.0540 e. The van der Waals surface area contributed by atoms with E-state index >= 15 is 0 Å². The van der Waals surface area contributed by atoms with Crippen LogP contribution in [0.1, 0.15) is 181 Å². The van der Waals surface area contributed by atoms with Crippen molar-refractivity contribution in [3.63, 3.8) is 0 Å². The summed E-state index contributed by atoms with van der Waals surface area (Å²) >= 11 is 0. The van der Waals surface area contributed by atoms with Gasteiger partial charge in [0.2, 0.25) is 0 Å². The van der Waals surface area contributed by atoms with Crippen LogP contribution in [0, 0.1) is 41.5 Å². The Morgan fingerprint density at radius 1 is 0.481 bits per heavy atom. The lowest BCUT2D eigenvalue weighted by Crippen LogP contribution is -2.34. The Morgan fingerprint density at radius 3 is 1.47 bits per heavy atom. The second kappa shape index (κ2) is 20.3. The lowest BCUT2D eigenvalue weighted by Gasteiger charge is -2.44. The van der Waals surface area contributed by atoms with Crippen molar-refractivity contribution in [2.45, 2.75) is 177 Å². The van der Waals surface area contributed by atoms with Crippen molar-refractivity contribution in [1.29, 1.82) is 0 Å². The van der Waals surface area contributed by atoms with Gasteiger partial charge in [-0.2, -0.15) is 0 Å². The molecule has 0 aromatic heterocycles. The fraction of sp³-hybridized carbons (Fsp3) is 0.360. The van der Waals surface area contributed by atoms with E-state index in [0.29, 0.717) is 0 Å². The SMILES string of the molecule is C=CC(/C=C\c1ccc(C)c(N(c2cc3c(cc2C)C(C)(C)CCC3(C)C)c2cc(C)cc(N(c3cc4c(cc3C)C(C)(C)CCC4(C)C)c3ccc(C(C)(C)C)cc3-c3ccccc3)c2C)c1)=C(/C)c1ccccc1C. The summed E-state index contributed by atoms with van der Waals surface area (Å²) in [5.74, 6) is 0. The van der Waals surface area contributed by atoms with E-state index in [0.717, 1.165) is 24.0 Å². The Bertz CT molecular complexity index is 3490. The molecule has 0 N–H and O–H groups in total. The van der Waals surface area contributed by atoms with Crippen LogP contribution in [-0.4, -0.2) is 0 Å². The first-order chi connectivity index (χ1) is 36.1. The number of hydrogen-bond acceptors (Lipinski definition) is 2. The topological polar surface area (TPSA) is 6.48 Å². The predicted molar refractivity (Wildman–Crippen MR) is 337 cm³/mol. The molecular formula is C75H88N2. The van der Waals surface area contributed by atoms with Crippen molar-refractivity contribution in [1.82, 2.24) is 0 Å². The Kier molecular flexibility index (Phi) is 14.5. The molecular weight excluding hydrogens is 929 g/mol. The van der Waals surface area contributed by atoms with Crippen LogP contribution in [0.25, 0.3) is 22.8 Å². The van der Waals surface area contributed by atoms with Crippen LogP contribution in [0.5, 0.6) is 0 Å². The van der Waals surface area contributed by atoms with Crippen LogP contribution in [-0.2, 0) is 27.1 Å². The van der Waals surface area contributed by atoms with E-state index in [-0.39, 0.29) is 27.1 Å². The van der Waals surface area contributed by atoms with Crippen molar-refractivity contribution < 1.29 is 0 Å². The molecule has 0 unspecified atom stereocenters. The first-order valence-corrected chi connectivity index (χ1v) is 28.5. The third kappa shape index (κ3) is 10.5. The van der Waals surface area contributed by atoms with Gasteiger partial charge in [0.15, 0.2) is 0 Å². The van der Waals surface area contributed by atoms with E-state index in [1.807, 2.05) is 6.08 Å². The van der Waals surface area contributed by atoms with Gasteiger partial charge in [0.1, 0.15) is 0 Å². The predicted octanol–water partition coefficient (Wildman–Crippen LogP) is 21.8. The molecule has 0 atom stereocenters. The summed E-state index contributed by atoms with van der Waals surface area (Å²) in [5.41, 5.74) is 29.1. The lowest BCUT2D eigenvalue weighted by atomic mass is 9.63. The molecule has 2 aliphatic rings. The summed E-state index contributed by atoms with van der Waals surface area (Å²) in [5, 5.41) is 0. The highest BCUT2D eigenvalue weighted by atomic mass is 15.2. The molecule has 0 saturated carbocycles. The molecule has 9 rings (SSSR count). The maximum Gasteiger partial charge on any atom is 0.0540 e. The molecule has 398 valence electrons. The quantitative estimate of drug-likeness (QED) is 0.119. The molecule has 7 aromatic carbocycles. The van der Waals surface area contributed by atoms with Crippen LogP contribution >= 0.6 is 0 Å². The monoisotopic (exact) mass is 1020 g/mol. The molecule has 0 saturated heterocycles. The van der Waals surface area contributed by atoms with Gasteiger partial charge in [0.25, 0.3) is 0 Å². The number of anilines is 6. The van der Waals surface area contributed by atoms with Crippen LogP contribution in [0.4, 0.5) is 34.1 Å². The molecule has 0 radical (unpaired) electrons. The number of aryl methyl sites for hydroxylation is 5. The number of benzene rings is 7. The first-order valence-electron chi connectivity index (χ1n) is 28.5. The average molecular weight is 1020 g/mol. The van der Waals surface area contributed by atoms with Crippen molar-refractivity contribution in [3.05, 3.63) is 224 Å². The Balaban J connectivity index is 1.36. The number of nitrogens with zero attached hydrogens (tertiary/aromatic N) is 2. The van der Waals surface area contributed by atoms with Crippen molar-refractivity contribution in [3.8, 4) is 11.1 Å². The molecule has 0 spiro atoms. The van der Waals surface area contributed by atoms with Gasteiger partial charge in [-0.1, -0.05) is 186 Å². The Morgan fingerprint density at radius 2 is 0.961 bits per heavy atom. The minimum atomic E-state index is -0.0431. The van der Waals surface area contributed by atoms with E-state index in [9.17, 15) is 0 Å². The molecule has 2 heteroatoms. The largest absolute Gasteiger partial charge is 0.310 e. The molecule has 2 aliphatic carbocycles. The summed E-state index contributed by atoms with van der Waals surface area (Å²) in [6, 6.07) is 49.1. The normalized spacial score (nSPS) is 16.6. The fourth-order valence-corrected chi connectivity index (χ4v) is 12.7. The van der Waals surface area contributed by atoms with E-state index in [1.54, 1.807) is 0 Å². The van der Waals surface area contributed by atoms with E-state index < -0.39 is 0 Å². The van der Waals surface area contributed by atoms with Crippen LogP contribution < -0.4 is 9.80 Å². The molecule has 77 heavy (non-hydrogen) atoms. The van der Waals surface area contributed by atoms with Crippen LogP contribution in [0.15, 0.2) is 152 Å². The standard InChI is InChI=1S/C75H88N2/c1-20-56(53(7)59-29-25-24-26-49(59)3)33-32-55-31-30-50(4)66(44-55)77(68-47-64-62(43-52(68)6)73(14,15)37-39-75(64,18)19)70-41-48(2)40-69(54(70)8)76(67-46-63-61(42-51(67)5)72(12,13)36-38-74(63,16)17)65-35-34-58(71(9,10)11)45-60(65)57-27-22-21-23-28-57/h20-35,40-47H,1,36-39H2,2-19H3/b33-32-,56-53+. The third-order valence-electron chi connectivity index (χ3n) is 18.1. The maximum absolute atomic E-state index is 4.30. The van der Waals surface area contributed by atoms with Gasteiger partial charge in [-0.25, -0.2) is 0 Å². The minimum absolute atomic E-state index is 0.0178. The van der Waals surface area contributed by atoms with Gasteiger partial charge in [-0.05, 0) is 233 Å². The van der Waals surface area contributed by atoms with Gasteiger partial charge in [0.05, 0.1) is 17.1 Å². The molecule has 2 nitrogen and oxygen atoms in total. The zero-order valence-corrected chi connectivity index (χ0v) is 50.3. The summed E-state index contributed by atoms with van der Waals surface area (Å²) in [6.45, 7) is 47.0. The number of allylic oxidation sites excluding steroid dienone is 4. The van der Waals surface area contributed by atoms with E-state index in [2.05, 4.69) is 281 Å². The summed E-state index contributed by atoms with van der Waals surface area (Å²) < 4.78 is 0. The number of rotatable bonds is 11. The Labute approximate surface area is 465 Å². The lowest BCUT2D eigenvalue weighted by molar-refractivity contribution is 0.332. The highest BCUT2D eigenvalue weighted by Gasteiger charge is 2.40. The summed E-state index contributed by atoms with van der Waals surface area (Å²) in [4.78, 5) is 5.27. The molecule has 0 bridgehead atoms. The molecule has 7 aromatic rings. The van der Waals surface area contributed by atoms with Gasteiger partial charge in [0, 0.05) is 22.6 Å². The second-order valence-corrected chi connectivity index (χ2v) is 26.8. The molecule has 0 aliphatic heterocycles. The molecule has 0 amide bonds. The van der Waals surface area contributed by atoms with E-state index in [1.165, 1.54) is 130 Å².